The molecule has 0 saturated heterocycles. The summed E-state index contributed by atoms with van der Waals surface area (Å²) in [6.07, 6.45) is 0. The Bertz CT molecular complexity index is 374. The van der Waals surface area contributed by atoms with Crippen LogP contribution in [0.15, 0.2) is 60.7 Å². The van der Waals surface area contributed by atoms with Crippen molar-refractivity contribution in [2.45, 2.75) is 5.25 Å². The second-order valence-corrected chi connectivity index (χ2v) is 9.16. The van der Waals surface area contributed by atoms with Gasteiger partial charge < -0.3 is 0 Å². The van der Waals surface area contributed by atoms with Gasteiger partial charge in [-0.05, 0) is 0 Å². The van der Waals surface area contributed by atoms with Gasteiger partial charge in [0.15, 0.2) is 0 Å². The zero-order valence-corrected chi connectivity index (χ0v) is 11.2. The molecule has 0 aliphatic heterocycles. The van der Waals surface area contributed by atoms with E-state index in [1.807, 2.05) is 12.1 Å². The van der Waals surface area contributed by atoms with E-state index in [-0.39, 0.29) is 0 Å². The van der Waals surface area contributed by atoms with Gasteiger partial charge in [-0.1, -0.05) is 0 Å². The van der Waals surface area contributed by atoms with Crippen molar-refractivity contribution in [3.8, 4) is 0 Å². The minimum atomic E-state index is -1.50. The van der Waals surface area contributed by atoms with Gasteiger partial charge in [0, 0.05) is 0 Å². The molecule has 2 aromatic rings. The number of rotatable bonds is 4. The number of aliphatic hydroxyl groups excluding tert-OH is 1. The van der Waals surface area contributed by atoms with Crippen LogP contribution in [0.25, 0.3) is 0 Å². The van der Waals surface area contributed by atoms with E-state index in [1.165, 1.54) is 8.79 Å². The first-order chi connectivity index (χ1) is 7.92. The second-order valence-electron chi connectivity index (χ2n) is 3.68. The monoisotopic (exact) mass is 273 g/mol. The first-order valence-electron chi connectivity index (χ1n) is 5.49. The van der Waals surface area contributed by atoms with Crippen LogP contribution in [0.2, 0.25) is 5.25 Å². The average Bonchev–Trinajstić information content (AvgIpc) is 2.38. The molecule has 16 heavy (non-hydrogen) atoms. The summed E-state index contributed by atoms with van der Waals surface area (Å²) in [5.74, 6) is 0. The maximum absolute atomic E-state index is 9.20. The number of hydrogen-bond acceptors (Lipinski definition) is 1. The van der Waals surface area contributed by atoms with Crippen molar-refractivity contribution in [1.82, 2.24) is 0 Å². The van der Waals surface area contributed by atoms with Crippen LogP contribution in [0.3, 0.4) is 0 Å². The Morgan fingerprint density at radius 2 is 1.19 bits per heavy atom. The van der Waals surface area contributed by atoms with Crippen LogP contribution >= 0.6 is 0 Å². The second kappa shape index (κ2) is 5.87. The molecule has 1 radical (unpaired) electrons. The summed E-state index contributed by atoms with van der Waals surface area (Å²) in [5.41, 5.74) is 0. The van der Waals surface area contributed by atoms with Crippen LogP contribution in [-0.4, -0.2) is 26.1 Å². The van der Waals surface area contributed by atoms with Gasteiger partial charge in [-0.3, -0.25) is 0 Å². The van der Waals surface area contributed by atoms with E-state index in [9.17, 15) is 5.11 Å². The molecule has 0 aliphatic rings. The maximum atomic E-state index is 9.20. The standard InChI is InChI=1S/C14H15GeO/c16-12-11-15(13-7-3-1-4-8-13)14-9-5-2-6-10-14/h1-10,16H,11-12H2. The summed E-state index contributed by atoms with van der Waals surface area (Å²) < 4.78 is 2.87. The van der Waals surface area contributed by atoms with Gasteiger partial charge in [0.2, 0.25) is 0 Å². The Morgan fingerprint density at radius 1 is 0.750 bits per heavy atom. The summed E-state index contributed by atoms with van der Waals surface area (Å²) in [5, 5.41) is 10.1. The molecular formula is C14H15GeO. The first-order valence-corrected chi connectivity index (χ1v) is 9.07. The van der Waals surface area contributed by atoms with Gasteiger partial charge in [-0.2, -0.15) is 0 Å². The Morgan fingerprint density at radius 3 is 1.56 bits per heavy atom. The molecule has 2 rings (SSSR count). The van der Waals surface area contributed by atoms with E-state index in [0.29, 0.717) is 6.61 Å². The topological polar surface area (TPSA) is 20.2 Å². The molecule has 81 valence electrons. The molecule has 0 atom stereocenters. The van der Waals surface area contributed by atoms with E-state index >= 15 is 0 Å². The van der Waals surface area contributed by atoms with Crippen LogP contribution in [0, 0.1) is 0 Å². The van der Waals surface area contributed by atoms with Crippen LogP contribution in [0.4, 0.5) is 0 Å². The summed E-state index contributed by atoms with van der Waals surface area (Å²) in [6.45, 7) is 0.291. The zero-order chi connectivity index (χ0) is 11.2. The van der Waals surface area contributed by atoms with Gasteiger partial charge in [-0.15, -0.1) is 0 Å². The third-order valence-corrected chi connectivity index (χ3v) is 8.45. The van der Waals surface area contributed by atoms with Gasteiger partial charge in [-0.25, -0.2) is 0 Å². The van der Waals surface area contributed by atoms with Crippen molar-refractivity contribution in [2.75, 3.05) is 6.61 Å². The number of hydrogen-bond donors (Lipinski definition) is 1. The molecule has 2 aromatic carbocycles. The van der Waals surface area contributed by atoms with Gasteiger partial charge in [0.05, 0.1) is 0 Å². The Hall–Kier alpha value is -1.06. The van der Waals surface area contributed by atoms with Crippen molar-refractivity contribution < 1.29 is 5.11 Å². The molecule has 0 unspecified atom stereocenters. The van der Waals surface area contributed by atoms with E-state index < -0.39 is 14.3 Å². The third-order valence-electron chi connectivity index (χ3n) is 2.61. The minimum absolute atomic E-state index is 0.291. The summed E-state index contributed by atoms with van der Waals surface area (Å²) in [4.78, 5) is 0. The molecule has 1 N–H and O–H groups in total. The molecule has 0 aliphatic carbocycles. The van der Waals surface area contributed by atoms with E-state index in [4.69, 9.17) is 0 Å². The van der Waals surface area contributed by atoms with E-state index in [1.54, 1.807) is 0 Å². The average molecular weight is 272 g/mol. The summed E-state index contributed by atoms with van der Waals surface area (Å²) >= 11 is -1.50. The van der Waals surface area contributed by atoms with Gasteiger partial charge in [0.1, 0.15) is 0 Å². The first kappa shape index (κ1) is 11.4. The fraction of sp³-hybridized carbons (Fsp3) is 0.143. The van der Waals surface area contributed by atoms with Crippen molar-refractivity contribution >= 4 is 23.1 Å². The zero-order valence-electron chi connectivity index (χ0n) is 9.13. The molecule has 0 heterocycles. The van der Waals surface area contributed by atoms with E-state index in [0.717, 1.165) is 5.25 Å². The van der Waals surface area contributed by atoms with Crippen molar-refractivity contribution in [2.24, 2.45) is 0 Å². The van der Waals surface area contributed by atoms with Crippen molar-refractivity contribution in [3.05, 3.63) is 60.7 Å². The summed E-state index contributed by atoms with van der Waals surface area (Å²) in [7, 11) is 0. The fourth-order valence-corrected chi connectivity index (χ4v) is 6.72. The third kappa shape index (κ3) is 2.74. The molecule has 0 fully saturated rings. The Kier molecular flexibility index (Phi) is 4.19. The number of benzene rings is 2. The fourth-order valence-electron chi connectivity index (χ4n) is 1.85. The predicted molar refractivity (Wildman–Crippen MR) is 69.8 cm³/mol. The van der Waals surface area contributed by atoms with Gasteiger partial charge in [0.25, 0.3) is 0 Å². The normalized spacial score (nSPS) is 10.6. The summed E-state index contributed by atoms with van der Waals surface area (Å²) in [6, 6.07) is 21.2. The molecule has 0 aromatic heterocycles. The van der Waals surface area contributed by atoms with Crippen LogP contribution < -0.4 is 8.79 Å². The SMILES string of the molecule is OC[CH2][Ge]([c]1ccccc1)[c]1ccccc1. The number of aliphatic hydroxyl groups is 1. The van der Waals surface area contributed by atoms with E-state index in [2.05, 4.69) is 48.5 Å². The van der Waals surface area contributed by atoms with Crippen molar-refractivity contribution in [3.63, 3.8) is 0 Å². The quantitative estimate of drug-likeness (QED) is 0.831. The van der Waals surface area contributed by atoms with Crippen LogP contribution in [0.1, 0.15) is 0 Å². The molecule has 0 spiro atoms. The predicted octanol–water partition coefficient (Wildman–Crippen LogP) is 1.29. The Labute approximate surface area is 101 Å². The molecule has 2 heteroatoms. The molecule has 1 nitrogen and oxygen atoms in total. The van der Waals surface area contributed by atoms with Crippen LogP contribution in [0.5, 0.6) is 0 Å². The van der Waals surface area contributed by atoms with Crippen molar-refractivity contribution in [1.29, 1.82) is 0 Å². The Balaban J connectivity index is 2.31. The van der Waals surface area contributed by atoms with Crippen LogP contribution in [-0.2, 0) is 0 Å². The molecular weight excluding hydrogens is 257 g/mol. The molecule has 0 amide bonds. The molecule has 0 bridgehead atoms. The molecule has 0 saturated carbocycles. The van der Waals surface area contributed by atoms with Gasteiger partial charge >= 0.3 is 101 Å².